The van der Waals surface area contributed by atoms with E-state index in [4.69, 9.17) is 4.74 Å². The number of Topliss-reactive ketones (excluding diaryl/α,β-unsaturated/α-hetero) is 1. The van der Waals surface area contributed by atoms with Crippen molar-refractivity contribution in [2.24, 2.45) is 5.92 Å². The summed E-state index contributed by atoms with van der Waals surface area (Å²) < 4.78 is 5.58. The summed E-state index contributed by atoms with van der Waals surface area (Å²) in [5.41, 5.74) is 3.10. The Morgan fingerprint density at radius 1 is 1.45 bits per heavy atom. The number of nitrogens with zero attached hydrogens (tertiary/aromatic N) is 1. The largest absolute Gasteiger partial charge is 0.377 e. The third-order valence-electron chi connectivity index (χ3n) is 4.26. The summed E-state index contributed by atoms with van der Waals surface area (Å²) >= 11 is 0. The van der Waals surface area contributed by atoms with Crippen LogP contribution in [0, 0.1) is 31.1 Å². The molecule has 3 unspecified atom stereocenters. The van der Waals surface area contributed by atoms with Crippen LogP contribution in [0.1, 0.15) is 42.4 Å². The molecule has 106 valence electrons. The molecule has 1 fully saturated rings. The predicted molar refractivity (Wildman–Crippen MR) is 77.4 cm³/mol. The van der Waals surface area contributed by atoms with E-state index in [1.54, 1.807) is 0 Å². The summed E-state index contributed by atoms with van der Waals surface area (Å²) in [5.74, 6) is -0.790. The van der Waals surface area contributed by atoms with Gasteiger partial charge in [-0.25, -0.2) is 0 Å². The molecule has 1 aromatic rings. The number of nitriles is 1. The van der Waals surface area contributed by atoms with Crippen LogP contribution in [0.2, 0.25) is 0 Å². The van der Waals surface area contributed by atoms with Gasteiger partial charge in [-0.3, -0.25) is 4.79 Å². The second-order valence-electron chi connectivity index (χ2n) is 5.52. The molecule has 1 aromatic carbocycles. The number of rotatable bonds is 4. The van der Waals surface area contributed by atoms with E-state index in [0.717, 1.165) is 24.0 Å². The van der Waals surface area contributed by atoms with E-state index in [2.05, 4.69) is 6.07 Å². The van der Waals surface area contributed by atoms with Gasteiger partial charge in [-0.2, -0.15) is 5.26 Å². The van der Waals surface area contributed by atoms with Crippen LogP contribution in [0.25, 0.3) is 0 Å². The molecule has 3 nitrogen and oxygen atoms in total. The van der Waals surface area contributed by atoms with Gasteiger partial charge in [0.25, 0.3) is 0 Å². The monoisotopic (exact) mass is 271 g/mol. The van der Waals surface area contributed by atoms with E-state index in [0.29, 0.717) is 6.61 Å². The Hall–Kier alpha value is -1.66. The van der Waals surface area contributed by atoms with Crippen molar-refractivity contribution in [1.82, 2.24) is 0 Å². The molecule has 0 radical (unpaired) electrons. The van der Waals surface area contributed by atoms with Crippen molar-refractivity contribution in [2.75, 3.05) is 6.61 Å². The van der Waals surface area contributed by atoms with Crippen molar-refractivity contribution in [2.45, 2.75) is 45.6 Å². The summed E-state index contributed by atoms with van der Waals surface area (Å²) in [4.78, 5) is 12.6. The minimum Gasteiger partial charge on any atom is -0.377 e. The third-order valence-corrected chi connectivity index (χ3v) is 4.26. The van der Waals surface area contributed by atoms with Crippen LogP contribution in [-0.2, 0) is 9.53 Å². The van der Waals surface area contributed by atoms with Crippen LogP contribution < -0.4 is 0 Å². The third kappa shape index (κ3) is 2.76. The van der Waals surface area contributed by atoms with Gasteiger partial charge in [-0.15, -0.1) is 0 Å². The van der Waals surface area contributed by atoms with Gasteiger partial charge in [-0.1, -0.05) is 25.1 Å². The standard InChI is InChI=1S/C17H21NO2/c1-4-16-14(7-8-20-16)17(19)15(10-18)13-6-5-11(2)12(3)9-13/h5-6,9,14-16H,4,7-8H2,1-3H3. The van der Waals surface area contributed by atoms with E-state index >= 15 is 0 Å². The number of hydrogen-bond acceptors (Lipinski definition) is 3. The highest BCUT2D eigenvalue weighted by molar-refractivity contribution is 5.91. The zero-order valence-corrected chi connectivity index (χ0v) is 12.3. The second kappa shape index (κ2) is 6.19. The average molecular weight is 271 g/mol. The van der Waals surface area contributed by atoms with Crippen LogP contribution in [0.3, 0.4) is 0 Å². The summed E-state index contributed by atoms with van der Waals surface area (Å²) in [6.45, 7) is 6.68. The normalized spacial score (nSPS) is 23.3. The lowest BCUT2D eigenvalue weighted by atomic mass is 9.83. The van der Waals surface area contributed by atoms with Crippen molar-refractivity contribution in [1.29, 1.82) is 5.26 Å². The van der Waals surface area contributed by atoms with Crippen molar-refractivity contribution in [3.63, 3.8) is 0 Å². The number of aryl methyl sites for hydroxylation is 2. The summed E-state index contributed by atoms with van der Waals surface area (Å²) in [5, 5.41) is 9.42. The fraction of sp³-hybridized carbons (Fsp3) is 0.529. The Kier molecular flexibility index (Phi) is 4.57. The molecular weight excluding hydrogens is 250 g/mol. The van der Waals surface area contributed by atoms with Gasteiger partial charge in [0.05, 0.1) is 12.2 Å². The Morgan fingerprint density at radius 3 is 2.80 bits per heavy atom. The summed E-state index contributed by atoms with van der Waals surface area (Å²) in [6.07, 6.45) is 1.53. The number of ketones is 1. The highest BCUT2D eigenvalue weighted by atomic mass is 16.5. The first-order chi connectivity index (χ1) is 9.58. The zero-order chi connectivity index (χ0) is 14.7. The van der Waals surface area contributed by atoms with Gasteiger partial charge in [0, 0.05) is 12.5 Å². The molecule has 0 bridgehead atoms. The highest BCUT2D eigenvalue weighted by Gasteiger charge is 2.37. The predicted octanol–water partition coefficient (Wildman–Crippen LogP) is 3.29. The van der Waals surface area contributed by atoms with E-state index < -0.39 is 5.92 Å². The molecule has 20 heavy (non-hydrogen) atoms. The molecule has 1 aliphatic rings. The van der Waals surface area contributed by atoms with Gasteiger partial charge in [0.2, 0.25) is 0 Å². The molecule has 0 amide bonds. The minimum absolute atomic E-state index is 0.0140. The Morgan fingerprint density at radius 2 is 2.20 bits per heavy atom. The van der Waals surface area contributed by atoms with Crippen LogP contribution in [0.15, 0.2) is 18.2 Å². The van der Waals surface area contributed by atoms with Gasteiger partial charge in [-0.05, 0) is 43.4 Å². The number of hydrogen-bond donors (Lipinski definition) is 0. The van der Waals surface area contributed by atoms with Gasteiger partial charge >= 0.3 is 0 Å². The first-order valence-corrected chi connectivity index (χ1v) is 7.20. The van der Waals surface area contributed by atoms with E-state index in [1.165, 1.54) is 5.56 Å². The fourth-order valence-electron chi connectivity index (χ4n) is 2.84. The Labute approximate surface area is 120 Å². The van der Waals surface area contributed by atoms with Crippen molar-refractivity contribution in [3.8, 4) is 6.07 Å². The molecule has 1 saturated heterocycles. The molecule has 0 spiro atoms. The first kappa shape index (κ1) is 14.7. The van der Waals surface area contributed by atoms with Gasteiger partial charge in [0.15, 0.2) is 5.78 Å². The zero-order valence-electron chi connectivity index (χ0n) is 12.3. The van der Waals surface area contributed by atoms with Crippen LogP contribution >= 0.6 is 0 Å². The lowest BCUT2D eigenvalue weighted by Crippen LogP contribution is -2.28. The smallest absolute Gasteiger partial charge is 0.160 e. The van der Waals surface area contributed by atoms with Crippen LogP contribution in [-0.4, -0.2) is 18.5 Å². The molecule has 0 aromatic heterocycles. The number of benzene rings is 1. The van der Waals surface area contributed by atoms with Crippen LogP contribution in [0.5, 0.6) is 0 Å². The lowest BCUT2D eigenvalue weighted by Gasteiger charge is -2.19. The Bertz CT molecular complexity index is 544. The Balaban J connectivity index is 2.26. The van der Waals surface area contributed by atoms with E-state index in [1.807, 2.05) is 39.0 Å². The van der Waals surface area contributed by atoms with E-state index in [9.17, 15) is 10.1 Å². The quantitative estimate of drug-likeness (QED) is 0.844. The molecule has 0 aliphatic carbocycles. The number of ether oxygens (including phenoxy) is 1. The van der Waals surface area contributed by atoms with Gasteiger partial charge < -0.3 is 4.74 Å². The van der Waals surface area contributed by atoms with Crippen molar-refractivity contribution < 1.29 is 9.53 Å². The molecule has 1 heterocycles. The van der Waals surface area contributed by atoms with Crippen LogP contribution in [0.4, 0.5) is 0 Å². The molecule has 0 N–H and O–H groups in total. The molecule has 3 atom stereocenters. The van der Waals surface area contributed by atoms with Crippen molar-refractivity contribution in [3.05, 3.63) is 34.9 Å². The second-order valence-corrected chi connectivity index (χ2v) is 5.52. The van der Waals surface area contributed by atoms with Crippen molar-refractivity contribution >= 4 is 5.78 Å². The molecule has 2 rings (SSSR count). The molecular formula is C17H21NO2. The maximum absolute atomic E-state index is 12.6. The maximum atomic E-state index is 12.6. The first-order valence-electron chi connectivity index (χ1n) is 7.20. The lowest BCUT2D eigenvalue weighted by molar-refractivity contribution is -0.124. The number of carbonyl (C=O) groups is 1. The molecule has 1 aliphatic heterocycles. The average Bonchev–Trinajstić information content (AvgIpc) is 2.91. The number of carbonyl (C=O) groups excluding carboxylic acids is 1. The summed E-state index contributed by atoms with van der Waals surface area (Å²) in [6, 6.07) is 8.01. The SMILES string of the molecule is CCC1OCCC1C(=O)C(C#N)c1ccc(C)c(C)c1. The summed E-state index contributed by atoms with van der Waals surface area (Å²) in [7, 11) is 0. The topological polar surface area (TPSA) is 50.1 Å². The highest BCUT2D eigenvalue weighted by Crippen LogP contribution is 2.30. The minimum atomic E-state index is -0.671. The fourth-order valence-corrected chi connectivity index (χ4v) is 2.84. The van der Waals surface area contributed by atoms with Gasteiger partial charge in [0.1, 0.15) is 5.92 Å². The van der Waals surface area contributed by atoms with E-state index in [-0.39, 0.29) is 17.8 Å². The maximum Gasteiger partial charge on any atom is 0.160 e. The molecule has 0 saturated carbocycles. The molecule has 3 heteroatoms.